The van der Waals surface area contributed by atoms with Crippen LogP contribution in [0.1, 0.15) is 70.9 Å². The van der Waals surface area contributed by atoms with Crippen molar-refractivity contribution < 1.29 is 14.9 Å². The first-order valence-electron chi connectivity index (χ1n) is 9.84. The highest BCUT2D eigenvalue weighted by atomic mass is 16.5. The summed E-state index contributed by atoms with van der Waals surface area (Å²) in [6, 6.07) is 3.22. The zero-order valence-corrected chi connectivity index (χ0v) is 16.1. The second kappa shape index (κ2) is 5.39. The Hall–Kier alpha value is -1.22. The van der Waals surface area contributed by atoms with Gasteiger partial charge in [0.05, 0.1) is 12.2 Å². The van der Waals surface area contributed by atoms with E-state index in [0.717, 1.165) is 24.0 Å². The molecule has 1 aromatic carbocycles. The fourth-order valence-corrected chi connectivity index (χ4v) is 6.73. The third-order valence-corrected chi connectivity index (χ3v) is 8.07. The van der Waals surface area contributed by atoms with Gasteiger partial charge in [0.15, 0.2) is 0 Å². The topological polar surface area (TPSA) is 49.7 Å². The predicted octanol–water partition coefficient (Wildman–Crippen LogP) is 5.17. The molecule has 4 rings (SSSR count). The molecule has 0 aromatic heterocycles. The van der Waals surface area contributed by atoms with E-state index in [2.05, 4.69) is 27.7 Å². The van der Waals surface area contributed by atoms with Crippen LogP contribution in [0.3, 0.4) is 0 Å². The summed E-state index contributed by atoms with van der Waals surface area (Å²) < 4.78 is 6.47. The van der Waals surface area contributed by atoms with Crippen LogP contribution in [0.15, 0.2) is 12.1 Å². The van der Waals surface area contributed by atoms with E-state index in [-0.39, 0.29) is 16.8 Å². The molecule has 138 valence electrons. The molecule has 0 radical (unpaired) electrons. The zero-order chi connectivity index (χ0) is 18.0. The first-order valence-corrected chi connectivity index (χ1v) is 9.84. The van der Waals surface area contributed by atoms with Crippen LogP contribution < -0.4 is 0 Å². The maximum atomic E-state index is 10.5. The molecular weight excluding hydrogens is 312 g/mol. The fourth-order valence-electron chi connectivity index (χ4n) is 6.73. The lowest BCUT2D eigenvalue weighted by Crippen LogP contribution is -2.58. The Morgan fingerprint density at radius 3 is 2.32 bits per heavy atom. The van der Waals surface area contributed by atoms with E-state index in [0.29, 0.717) is 29.6 Å². The summed E-state index contributed by atoms with van der Waals surface area (Å²) in [4.78, 5) is 0. The Balaban J connectivity index is 1.82. The van der Waals surface area contributed by atoms with Gasteiger partial charge in [0.2, 0.25) is 0 Å². The lowest BCUT2D eigenvalue weighted by molar-refractivity contribution is -0.191. The quantitative estimate of drug-likeness (QED) is 0.638. The van der Waals surface area contributed by atoms with Crippen molar-refractivity contribution in [2.75, 3.05) is 0 Å². The van der Waals surface area contributed by atoms with Gasteiger partial charge in [0.1, 0.15) is 11.5 Å². The van der Waals surface area contributed by atoms with Gasteiger partial charge in [-0.15, -0.1) is 0 Å². The number of fused-ring (bicyclic) bond motifs is 4. The number of benzene rings is 1. The minimum absolute atomic E-state index is 0.184. The van der Waals surface area contributed by atoms with E-state index >= 15 is 0 Å². The molecule has 4 unspecified atom stereocenters. The minimum atomic E-state index is -0.184. The summed E-state index contributed by atoms with van der Waals surface area (Å²) in [6.45, 7) is 10.0. The summed E-state index contributed by atoms with van der Waals surface area (Å²) in [5.41, 5.74) is 2.08. The third-order valence-electron chi connectivity index (χ3n) is 8.07. The van der Waals surface area contributed by atoms with Gasteiger partial charge in [0, 0.05) is 11.1 Å². The molecule has 2 saturated carbocycles. The monoisotopic (exact) mass is 344 g/mol. The largest absolute Gasteiger partial charge is 0.508 e. The highest BCUT2D eigenvalue weighted by Crippen LogP contribution is 2.64. The van der Waals surface area contributed by atoms with Gasteiger partial charge in [0.25, 0.3) is 0 Å². The Kier molecular flexibility index (Phi) is 3.71. The van der Waals surface area contributed by atoms with E-state index < -0.39 is 0 Å². The fraction of sp³-hybridized carbons (Fsp3) is 0.727. The number of phenols is 2. The molecule has 2 N–H and O–H groups in total. The van der Waals surface area contributed by atoms with Crippen molar-refractivity contribution in [3.63, 3.8) is 0 Å². The van der Waals surface area contributed by atoms with Gasteiger partial charge < -0.3 is 14.9 Å². The Bertz CT molecular complexity index is 695. The molecule has 25 heavy (non-hydrogen) atoms. The summed E-state index contributed by atoms with van der Waals surface area (Å²) in [7, 11) is 0. The molecule has 3 nitrogen and oxygen atoms in total. The first-order chi connectivity index (χ1) is 11.7. The molecular formula is C22H32O3. The van der Waals surface area contributed by atoms with Crippen molar-refractivity contribution in [2.24, 2.45) is 22.7 Å². The first kappa shape index (κ1) is 17.2. The normalized spacial score (nSPS) is 39.7. The molecule has 0 bridgehead atoms. The summed E-state index contributed by atoms with van der Waals surface area (Å²) in [5.74, 6) is 1.62. The lowest BCUT2D eigenvalue weighted by Gasteiger charge is -2.62. The molecule has 0 spiro atoms. The van der Waals surface area contributed by atoms with Crippen molar-refractivity contribution in [2.45, 2.75) is 78.4 Å². The Morgan fingerprint density at radius 1 is 0.920 bits per heavy atom. The van der Waals surface area contributed by atoms with Gasteiger partial charge in [-0.05, 0) is 73.8 Å². The third kappa shape index (κ3) is 2.42. The number of ether oxygens (including phenoxy) is 1. The van der Waals surface area contributed by atoms with Crippen LogP contribution in [0.5, 0.6) is 11.5 Å². The summed E-state index contributed by atoms with van der Waals surface area (Å²) in [5, 5.41) is 20.8. The highest BCUT2D eigenvalue weighted by molar-refractivity contribution is 5.48. The van der Waals surface area contributed by atoms with Crippen molar-refractivity contribution in [1.29, 1.82) is 0 Å². The van der Waals surface area contributed by atoms with Crippen molar-refractivity contribution in [1.82, 2.24) is 0 Å². The standard InChI is InChI=1S/C22H32O3/c1-20(2)9-5-10-21(3)18(20)8-11-22(4)19(21)12-14-15(13-25-22)17(24)7-6-16(14)23/h6-7,18-19,23-24H,5,8-13H2,1-4H3. The number of rotatable bonds is 0. The minimum Gasteiger partial charge on any atom is -0.508 e. The van der Waals surface area contributed by atoms with Crippen LogP contribution in [0.4, 0.5) is 0 Å². The number of hydrogen-bond acceptors (Lipinski definition) is 3. The van der Waals surface area contributed by atoms with Gasteiger partial charge in [-0.2, -0.15) is 0 Å². The van der Waals surface area contributed by atoms with Gasteiger partial charge in [-0.25, -0.2) is 0 Å². The van der Waals surface area contributed by atoms with Gasteiger partial charge >= 0.3 is 0 Å². The van der Waals surface area contributed by atoms with Crippen LogP contribution in [-0.2, 0) is 17.8 Å². The van der Waals surface area contributed by atoms with Gasteiger partial charge in [-0.1, -0.05) is 27.2 Å². The van der Waals surface area contributed by atoms with Crippen LogP contribution in [0.25, 0.3) is 0 Å². The molecule has 3 aliphatic rings. The molecule has 0 amide bonds. The van der Waals surface area contributed by atoms with Gasteiger partial charge in [-0.3, -0.25) is 0 Å². The molecule has 1 aromatic rings. The number of aromatic hydroxyl groups is 2. The Labute approximate surface area is 151 Å². The highest BCUT2D eigenvalue weighted by Gasteiger charge is 2.59. The maximum Gasteiger partial charge on any atom is 0.121 e. The van der Waals surface area contributed by atoms with E-state index in [1.165, 1.54) is 25.7 Å². The van der Waals surface area contributed by atoms with Crippen molar-refractivity contribution >= 4 is 0 Å². The average Bonchev–Trinajstić information content (AvgIpc) is 2.68. The van der Waals surface area contributed by atoms with Crippen LogP contribution in [0.2, 0.25) is 0 Å². The van der Waals surface area contributed by atoms with E-state index in [9.17, 15) is 10.2 Å². The molecule has 4 atom stereocenters. The summed E-state index contributed by atoms with van der Waals surface area (Å²) >= 11 is 0. The maximum absolute atomic E-state index is 10.5. The van der Waals surface area contributed by atoms with E-state index in [4.69, 9.17) is 4.74 Å². The number of phenolic OH excluding ortho intramolecular Hbond substituents is 2. The smallest absolute Gasteiger partial charge is 0.121 e. The number of hydrogen-bond donors (Lipinski definition) is 2. The molecule has 2 aliphatic carbocycles. The zero-order valence-electron chi connectivity index (χ0n) is 16.1. The molecule has 0 saturated heterocycles. The lowest BCUT2D eigenvalue weighted by atomic mass is 9.45. The average molecular weight is 344 g/mol. The Morgan fingerprint density at radius 2 is 1.60 bits per heavy atom. The van der Waals surface area contributed by atoms with E-state index in [1.807, 2.05) is 0 Å². The predicted molar refractivity (Wildman–Crippen MR) is 98.6 cm³/mol. The summed E-state index contributed by atoms with van der Waals surface area (Å²) in [6.07, 6.45) is 6.89. The van der Waals surface area contributed by atoms with E-state index in [1.54, 1.807) is 12.1 Å². The SMILES string of the molecule is CC1(C)CCCC2(C)C1CCC1(C)OCc3c(O)ccc(O)c3CC12. The van der Waals surface area contributed by atoms with Crippen LogP contribution in [-0.4, -0.2) is 15.8 Å². The molecule has 3 heteroatoms. The second-order valence-electron chi connectivity index (χ2n) is 9.86. The molecule has 1 aliphatic heterocycles. The molecule has 1 heterocycles. The van der Waals surface area contributed by atoms with Crippen molar-refractivity contribution in [3.8, 4) is 11.5 Å². The van der Waals surface area contributed by atoms with Crippen molar-refractivity contribution in [3.05, 3.63) is 23.3 Å². The molecule has 2 fully saturated rings. The van der Waals surface area contributed by atoms with Crippen LogP contribution >= 0.6 is 0 Å². The van der Waals surface area contributed by atoms with Crippen LogP contribution in [0, 0.1) is 22.7 Å². The second-order valence-corrected chi connectivity index (χ2v) is 9.86.